The molecule has 6 heteroatoms. The Kier molecular flexibility index (Phi) is 8.04. The molecule has 0 fully saturated rings. The maximum atomic E-state index is 5.60. The summed E-state index contributed by atoms with van der Waals surface area (Å²) in [6, 6.07) is 14.6. The Labute approximate surface area is 183 Å². The molecule has 3 rings (SSSR count). The minimum absolute atomic E-state index is 0. The van der Waals surface area contributed by atoms with Crippen molar-refractivity contribution in [3.63, 3.8) is 0 Å². The summed E-state index contributed by atoms with van der Waals surface area (Å²) in [5.41, 5.74) is 6.83. The van der Waals surface area contributed by atoms with Crippen molar-refractivity contribution in [1.29, 1.82) is 0 Å². The topological polar surface area (TPSA) is 62.5 Å². The van der Waals surface area contributed by atoms with E-state index in [9.17, 15) is 0 Å². The zero-order valence-corrected chi connectivity index (χ0v) is 19.1. The molecule has 0 spiro atoms. The number of aromatic nitrogens is 1. The molecular weight excluding hydrogens is 463 g/mol. The smallest absolute Gasteiger partial charge is 0.226 e. The summed E-state index contributed by atoms with van der Waals surface area (Å²) in [5, 5.41) is 6.62. The van der Waals surface area contributed by atoms with Crippen LogP contribution >= 0.6 is 24.0 Å². The highest BCUT2D eigenvalue weighted by Crippen LogP contribution is 2.19. The highest BCUT2D eigenvalue weighted by atomic mass is 127. The molecular formula is C22H27IN4O. The first-order valence-electron chi connectivity index (χ1n) is 9.07. The van der Waals surface area contributed by atoms with E-state index in [2.05, 4.69) is 71.7 Å². The van der Waals surface area contributed by atoms with Crippen LogP contribution in [0.2, 0.25) is 0 Å². The van der Waals surface area contributed by atoms with Gasteiger partial charge in [-0.05, 0) is 44.0 Å². The molecule has 0 amide bonds. The van der Waals surface area contributed by atoms with Crippen LogP contribution in [0.1, 0.15) is 27.9 Å². The summed E-state index contributed by atoms with van der Waals surface area (Å²) in [4.78, 5) is 8.82. The van der Waals surface area contributed by atoms with E-state index in [0.717, 1.165) is 23.8 Å². The number of aryl methyl sites for hydroxylation is 3. The lowest BCUT2D eigenvalue weighted by molar-refractivity contribution is 0.572. The van der Waals surface area contributed by atoms with E-state index in [1.54, 1.807) is 13.3 Å². The van der Waals surface area contributed by atoms with Crippen molar-refractivity contribution in [2.24, 2.45) is 4.99 Å². The van der Waals surface area contributed by atoms with E-state index in [-0.39, 0.29) is 24.0 Å². The van der Waals surface area contributed by atoms with Gasteiger partial charge >= 0.3 is 0 Å². The molecule has 0 atom stereocenters. The van der Waals surface area contributed by atoms with Gasteiger partial charge < -0.3 is 15.1 Å². The van der Waals surface area contributed by atoms with Crippen LogP contribution in [0.4, 0.5) is 0 Å². The minimum atomic E-state index is 0. The second-order valence-corrected chi connectivity index (χ2v) is 6.72. The predicted molar refractivity (Wildman–Crippen MR) is 125 cm³/mol. The maximum absolute atomic E-state index is 5.60. The maximum Gasteiger partial charge on any atom is 0.226 e. The summed E-state index contributed by atoms with van der Waals surface area (Å²) < 4.78 is 5.60. The molecule has 2 aromatic carbocycles. The van der Waals surface area contributed by atoms with Crippen molar-refractivity contribution in [1.82, 2.24) is 15.6 Å². The molecule has 0 radical (unpaired) electrons. The van der Waals surface area contributed by atoms with Gasteiger partial charge in [0.25, 0.3) is 0 Å². The first-order chi connectivity index (χ1) is 13.0. The van der Waals surface area contributed by atoms with Gasteiger partial charge in [0.2, 0.25) is 5.89 Å². The van der Waals surface area contributed by atoms with Gasteiger partial charge in [-0.3, -0.25) is 4.99 Å². The van der Waals surface area contributed by atoms with Gasteiger partial charge in [0.05, 0.1) is 12.2 Å². The van der Waals surface area contributed by atoms with Crippen molar-refractivity contribution in [3.8, 4) is 11.5 Å². The van der Waals surface area contributed by atoms with E-state index in [0.29, 0.717) is 12.4 Å². The molecule has 0 saturated carbocycles. The normalized spacial score (nSPS) is 11.1. The van der Waals surface area contributed by atoms with Crippen LogP contribution in [0, 0.1) is 20.8 Å². The number of oxazole rings is 1. The largest absolute Gasteiger partial charge is 0.444 e. The Hall–Kier alpha value is -2.35. The van der Waals surface area contributed by atoms with Gasteiger partial charge in [0, 0.05) is 19.2 Å². The lowest BCUT2D eigenvalue weighted by atomic mass is 10.1. The third-order valence-electron chi connectivity index (χ3n) is 4.46. The summed E-state index contributed by atoms with van der Waals surface area (Å²) >= 11 is 0. The van der Waals surface area contributed by atoms with Gasteiger partial charge in [0.1, 0.15) is 6.26 Å². The quantitative estimate of drug-likeness (QED) is 0.308. The molecule has 0 aliphatic heterocycles. The van der Waals surface area contributed by atoms with Gasteiger partial charge in [-0.25, -0.2) is 4.98 Å². The molecule has 1 aromatic heterocycles. The van der Waals surface area contributed by atoms with E-state index in [1.165, 1.54) is 22.3 Å². The van der Waals surface area contributed by atoms with Crippen molar-refractivity contribution >= 4 is 29.9 Å². The van der Waals surface area contributed by atoms with Crippen LogP contribution in [0.5, 0.6) is 0 Å². The fourth-order valence-electron chi connectivity index (χ4n) is 2.83. The lowest BCUT2D eigenvalue weighted by Crippen LogP contribution is -2.36. The molecule has 0 saturated heterocycles. The number of aliphatic imine (C=N–C) groups is 1. The Bertz CT molecular complexity index is 932. The zero-order chi connectivity index (χ0) is 19.2. The van der Waals surface area contributed by atoms with Gasteiger partial charge in [-0.15, -0.1) is 24.0 Å². The van der Waals surface area contributed by atoms with Crippen molar-refractivity contribution < 1.29 is 4.42 Å². The molecule has 2 N–H and O–H groups in total. The third-order valence-corrected chi connectivity index (χ3v) is 4.46. The van der Waals surface area contributed by atoms with Crippen LogP contribution < -0.4 is 10.6 Å². The Morgan fingerprint density at radius 3 is 2.32 bits per heavy atom. The van der Waals surface area contributed by atoms with Crippen LogP contribution in [-0.2, 0) is 13.1 Å². The molecule has 5 nitrogen and oxygen atoms in total. The summed E-state index contributed by atoms with van der Waals surface area (Å²) in [5.74, 6) is 1.36. The van der Waals surface area contributed by atoms with Crippen LogP contribution in [-0.4, -0.2) is 18.0 Å². The van der Waals surface area contributed by atoms with E-state index in [1.807, 2.05) is 12.1 Å². The standard InChI is InChI=1S/C22H26N4O.HI/c1-15-5-8-18(9-6-15)21-26-20(14-27-21)13-25-22(23-4)24-12-19-10-7-16(2)11-17(19)3;/h5-11,14H,12-13H2,1-4H3,(H2,23,24,25);1H. The van der Waals surface area contributed by atoms with Crippen LogP contribution in [0.25, 0.3) is 11.5 Å². The second-order valence-electron chi connectivity index (χ2n) is 6.72. The average molecular weight is 490 g/mol. The third kappa shape index (κ3) is 5.82. The monoisotopic (exact) mass is 490 g/mol. The number of hydrogen-bond donors (Lipinski definition) is 2. The van der Waals surface area contributed by atoms with E-state index in [4.69, 9.17) is 4.42 Å². The number of halogens is 1. The molecule has 1 heterocycles. The molecule has 148 valence electrons. The fourth-order valence-corrected chi connectivity index (χ4v) is 2.83. The molecule has 3 aromatic rings. The summed E-state index contributed by atoms with van der Waals surface area (Å²) in [6.45, 7) is 7.56. The fraction of sp³-hybridized carbons (Fsp3) is 0.273. The summed E-state index contributed by atoms with van der Waals surface area (Å²) in [7, 11) is 1.76. The van der Waals surface area contributed by atoms with Gasteiger partial charge in [0.15, 0.2) is 5.96 Å². The Morgan fingerprint density at radius 2 is 1.64 bits per heavy atom. The van der Waals surface area contributed by atoms with Gasteiger partial charge in [-0.1, -0.05) is 41.5 Å². The van der Waals surface area contributed by atoms with Crippen molar-refractivity contribution in [2.45, 2.75) is 33.9 Å². The van der Waals surface area contributed by atoms with Crippen molar-refractivity contribution in [3.05, 3.63) is 76.7 Å². The minimum Gasteiger partial charge on any atom is -0.444 e. The number of nitrogens with one attached hydrogen (secondary N) is 2. The zero-order valence-electron chi connectivity index (χ0n) is 16.7. The van der Waals surface area contributed by atoms with Gasteiger partial charge in [-0.2, -0.15) is 0 Å². The number of rotatable bonds is 5. The van der Waals surface area contributed by atoms with E-state index >= 15 is 0 Å². The molecule has 0 aliphatic rings. The second kappa shape index (κ2) is 10.3. The molecule has 0 bridgehead atoms. The first-order valence-corrected chi connectivity index (χ1v) is 9.07. The average Bonchev–Trinajstić information content (AvgIpc) is 3.13. The summed E-state index contributed by atoms with van der Waals surface area (Å²) in [6.07, 6.45) is 1.68. The SMILES string of the molecule is CN=C(NCc1coc(-c2ccc(C)cc2)n1)NCc1ccc(C)cc1C.I. The molecule has 0 aliphatic carbocycles. The number of nitrogens with zero attached hydrogens (tertiary/aromatic N) is 2. The van der Waals surface area contributed by atoms with Crippen LogP contribution in [0.3, 0.4) is 0 Å². The first kappa shape index (κ1) is 21.9. The number of benzene rings is 2. The Morgan fingerprint density at radius 1 is 0.964 bits per heavy atom. The predicted octanol–water partition coefficient (Wildman–Crippen LogP) is 4.75. The van der Waals surface area contributed by atoms with Crippen LogP contribution in [0.15, 0.2) is 58.1 Å². The Balaban J connectivity index is 0.00000280. The highest BCUT2D eigenvalue weighted by molar-refractivity contribution is 14.0. The lowest BCUT2D eigenvalue weighted by Gasteiger charge is -2.12. The van der Waals surface area contributed by atoms with E-state index < -0.39 is 0 Å². The number of hydrogen-bond acceptors (Lipinski definition) is 3. The molecule has 0 unspecified atom stereocenters. The molecule has 28 heavy (non-hydrogen) atoms. The highest BCUT2D eigenvalue weighted by Gasteiger charge is 2.07. The number of guanidine groups is 1. The van der Waals surface area contributed by atoms with Crippen molar-refractivity contribution in [2.75, 3.05) is 7.05 Å².